The molecule has 1 heterocycles. The zero-order chi connectivity index (χ0) is 12.4. The minimum atomic E-state index is 0.0899. The number of hydrogen-bond donors (Lipinski definition) is 1. The van der Waals surface area contributed by atoms with Crippen LogP contribution in [-0.2, 0) is 6.54 Å². The SMILES string of the molecule is Cc1ccc2c(=O)ccn(CCCN)c2c1C. The molecule has 3 heteroatoms. The summed E-state index contributed by atoms with van der Waals surface area (Å²) >= 11 is 0. The van der Waals surface area contributed by atoms with Crippen molar-refractivity contribution in [3.05, 3.63) is 45.7 Å². The second-order valence-electron chi connectivity index (χ2n) is 4.42. The van der Waals surface area contributed by atoms with Crippen LogP contribution in [0.3, 0.4) is 0 Å². The average Bonchev–Trinajstić information content (AvgIpc) is 2.33. The molecule has 0 radical (unpaired) electrons. The first kappa shape index (κ1) is 11.9. The molecule has 2 rings (SSSR count). The van der Waals surface area contributed by atoms with Gasteiger partial charge in [-0.25, -0.2) is 0 Å². The van der Waals surface area contributed by atoms with Crippen molar-refractivity contribution in [1.29, 1.82) is 0 Å². The molecule has 0 bridgehead atoms. The van der Waals surface area contributed by atoms with Crippen LogP contribution in [0.5, 0.6) is 0 Å². The number of aryl methyl sites for hydroxylation is 3. The van der Waals surface area contributed by atoms with E-state index in [4.69, 9.17) is 5.73 Å². The number of rotatable bonds is 3. The Morgan fingerprint density at radius 3 is 2.71 bits per heavy atom. The quantitative estimate of drug-likeness (QED) is 0.876. The fourth-order valence-corrected chi connectivity index (χ4v) is 2.14. The van der Waals surface area contributed by atoms with Gasteiger partial charge in [-0.3, -0.25) is 4.79 Å². The van der Waals surface area contributed by atoms with E-state index >= 15 is 0 Å². The molecule has 0 aliphatic carbocycles. The molecule has 17 heavy (non-hydrogen) atoms. The van der Waals surface area contributed by atoms with Crippen molar-refractivity contribution in [3.63, 3.8) is 0 Å². The van der Waals surface area contributed by atoms with Gasteiger partial charge in [0.2, 0.25) is 0 Å². The second kappa shape index (κ2) is 4.72. The van der Waals surface area contributed by atoms with Gasteiger partial charge < -0.3 is 10.3 Å². The molecule has 2 N–H and O–H groups in total. The highest BCUT2D eigenvalue weighted by Gasteiger charge is 2.07. The topological polar surface area (TPSA) is 48.0 Å². The van der Waals surface area contributed by atoms with Crippen LogP contribution in [0.4, 0.5) is 0 Å². The van der Waals surface area contributed by atoms with Crippen molar-refractivity contribution in [3.8, 4) is 0 Å². The number of aromatic nitrogens is 1. The Bertz CT molecular complexity index is 599. The molecule has 0 atom stereocenters. The molecule has 0 unspecified atom stereocenters. The van der Waals surface area contributed by atoms with Crippen molar-refractivity contribution < 1.29 is 0 Å². The smallest absolute Gasteiger partial charge is 0.189 e. The van der Waals surface area contributed by atoms with E-state index in [9.17, 15) is 4.79 Å². The van der Waals surface area contributed by atoms with Gasteiger partial charge in [0.1, 0.15) is 0 Å². The van der Waals surface area contributed by atoms with Gasteiger partial charge in [-0.1, -0.05) is 6.07 Å². The highest BCUT2D eigenvalue weighted by Crippen LogP contribution is 2.19. The maximum absolute atomic E-state index is 11.8. The Morgan fingerprint density at radius 2 is 2.00 bits per heavy atom. The Morgan fingerprint density at radius 1 is 1.24 bits per heavy atom. The van der Waals surface area contributed by atoms with E-state index < -0.39 is 0 Å². The Kier molecular flexibility index (Phi) is 3.29. The highest BCUT2D eigenvalue weighted by atomic mass is 16.1. The summed E-state index contributed by atoms with van der Waals surface area (Å²) in [4.78, 5) is 11.8. The number of benzene rings is 1. The molecular weight excluding hydrogens is 212 g/mol. The van der Waals surface area contributed by atoms with Crippen molar-refractivity contribution in [2.24, 2.45) is 5.73 Å². The van der Waals surface area contributed by atoms with Crippen LogP contribution in [-0.4, -0.2) is 11.1 Å². The second-order valence-corrected chi connectivity index (χ2v) is 4.42. The van der Waals surface area contributed by atoms with E-state index in [2.05, 4.69) is 18.4 Å². The summed E-state index contributed by atoms with van der Waals surface area (Å²) in [5.74, 6) is 0. The molecule has 1 aromatic carbocycles. The molecule has 0 saturated carbocycles. The van der Waals surface area contributed by atoms with Gasteiger partial charge in [-0.05, 0) is 44.0 Å². The fraction of sp³-hybridized carbons (Fsp3) is 0.357. The third-order valence-corrected chi connectivity index (χ3v) is 3.26. The average molecular weight is 230 g/mol. The lowest BCUT2D eigenvalue weighted by atomic mass is 10.0. The summed E-state index contributed by atoms with van der Waals surface area (Å²) in [5, 5.41) is 0.799. The maximum Gasteiger partial charge on any atom is 0.189 e. The first-order valence-corrected chi connectivity index (χ1v) is 5.94. The monoisotopic (exact) mass is 230 g/mol. The number of nitrogens with two attached hydrogens (primary N) is 1. The first-order chi connectivity index (χ1) is 8.15. The predicted molar refractivity (Wildman–Crippen MR) is 71.4 cm³/mol. The Balaban J connectivity index is 2.72. The van der Waals surface area contributed by atoms with Crippen molar-refractivity contribution in [2.75, 3.05) is 6.54 Å². The normalized spacial score (nSPS) is 11.0. The van der Waals surface area contributed by atoms with Crippen LogP contribution in [0.15, 0.2) is 29.2 Å². The van der Waals surface area contributed by atoms with E-state index in [-0.39, 0.29) is 5.43 Å². The molecule has 90 valence electrons. The molecule has 0 spiro atoms. The lowest BCUT2D eigenvalue weighted by molar-refractivity contribution is 0.665. The minimum absolute atomic E-state index is 0.0899. The van der Waals surface area contributed by atoms with Gasteiger partial charge in [0.05, 0.1) is 5.52 Å². The molecule has 0 saturated heterocycles. The van der Waals surface area contributed by atoms with Gasteiger partial charge in [-0.2, -0.15) is 0 Å². The van der Waals surface area contributed by atoms with Crippen LogP contribution >= 0.6 is 0 Å². The molecule has 2 aromatic rings. The zero-order valence-corrected chi connectivity index (χ0v) is 10.4. The maximum atomic E-state index is 11.8. The van der Waals surface area contributed by atoms with E-state index in [0.717, 1.165) is 23.9 Å². The van der Waals surface area contributed by atoms with Crippen molar-refractivity contribution >= 4 is 10.9 Å². The van der Waals surface area contributed by atoms with Gasteiger partial charge in [0, 0.05) is 24.2 Å². The summed E-state index contributed by atoms with van der Waals surface area (Å²) in [6.45, 7) is 5.66. The molecule has 1 aromatic heterocycles. The highest BCUT2D eigenvalue weighted by molar-refractivity contribution is 5.83. The summed E-state index contributed by atoms with van der Waals surface area (Å²) in [7, 11) is 0. The number of hydrogen-bond acceptors (Lipinski definition) is 2. The van der Waals surface area contributed by atoms with Crippen LogP contribution in [0.1, 0.15) is 17.5 Å². The standard InChI is InChI=1S/C14H18N2O/c1-10-4-5-12-13(17)6-9-16(8-3-7-15)14(12)11(10)2/h4-6,9H,3,7-8,15H2,1-2H3. The third kappa shape index (κ3) is 2.11. The van der Waals surface area contributed by atoms with E-state index in [1.165, 1.54) is 11.1 Å². The lowest BCUT2D eigenvalue weighted by Crippen LogP contribution is -2.12. The largest absolute Gasteiger partial charge is 0.347 e. The molecule has 3 nitrogen and oxygen atoms in total. The Labute approximate surface area is 101 Å². The molecule has 0 aliphatic rings. The van der Waals surface area contributed by atoms with Crippen LogP contribution < -0.4 is 11.2 Å². The summed E-state index contributed by atoms with van der Waals surface area (Å²) in [6.07, 6.45) is 2.79. The van der Waals surface area contributed by atoms with Gasteiger partial charge in [0.25, 0.3) is 0 Å². The number of nitrogens with zero attached hydrogens (tertiary/aromatic N) is 1. The summed E-state index contributed by atoms with van der Waals surface area (Å²) in [5.41, 5.74) is 9.07. The predicted octanol–water partition coefficient (Wildman–Crippen LogP) is 1.97. The number of fused-ring (bicyclic) bond motifs is 1. The summed E-state index contributed by atoms with van der Waals surface area (Å²) < 4.78 is 2.13. The minimum Gasteiger partial charge on any atom is -0.347 e. The van der Waals surface area contributed by atoms with Gasteiger partial charge in [-0.15, -0.1) is 0 Å². The fourth-order valence-electron chi connectivity index (χ4n) is 2.14. The van der Waals surface area contributed by atoms with Crippen LogP contribution in [0.2, 0.25) is 0 Å². The van der Waals surface area contributed by atoms with E-state index in [1.54, 1.807) is 6.07 Å². The summed E-state index contributed by atoms with van der Waals surface area (Å²) in [6, 6.07) is 5.55. The zero-order valence-electron chi connectivity index (χ0n) is 10.4. The van der Waals surface area contributed by atoms with Crippen LogP contribution in [0.25, 0.3) is 10.9 Å². The molecule has 0 fully saturated rings. The van der Waals surface area contributed by atoms with Gasteiger partial charge in [0.15, 0.2) is 5.43 Å². The van der Waals surface area contributed by atoms with Crippen molar-refractivity contribution in [1.82, 2.24) is 4.57 Å². The number of pyridine rings is 1. The van der Waals surface area contributed by atoms with E-state index in [0.29, 0.717) is 6.54 Å². The van der Waals surface area contributed by atoms with Gasteiger partial charge >= 0.3 is 0 Å². The first-order valence-electron chi connectivity index (χ1n) is 5.94. The third-order valence-electron chi connectivity index (χ3n) is 3.26. The van der Waals surface area contributed by atoms with Crippen molar-refractivity contribution in [2.45, 2.75) is 26.8 Å². The molecular formula is C14H18N2O. The molecule has 0 aliphatic heterocycles. The Hall–Kier alpha value is -1.61. The van der Waals surface area contributed by atoms with E-state index in [1.807, 2.05) is 18.3 Å². The van der Waals surface area contributed by atoms with Crippen LogP contribution in [0, 0.1) is 13.8 Å². The molecule has 0 amide bonds. The lowest BCUT2D eigenvalue weighted by Gasteiger charge is -2.13.